The topological polar surface area (TPSA) is 72.5 Å². The van der Waals surface area contributed by atoms with Crippen LogP contribution in [0.3, 0.4) is 0 Å². The minimum absolute atomic E-state index is 0.467. The van der Waals surface area contributed by atoms with Crippen molar-refractivity contribution in [3.8, 4) is 5.75 Å². The molecule has 4 heteroatoms. The highest BCUT2D eigenvalue weighted by atomic mass is 16.5. The number of nitrogens with two attached hydrogens (primary N) is 1. The molecule has 0 aliphatic heterocycles. The number of carboxylic acids is 1. The van der Waals surface area contributed by atoms with E-state index in [1.807, 2.05) is 12.1 Å². The summed E-state index contributed by atoms with van der Waals surface area (Å²) in [6.07, 6.45) is -0.835. The summed E-state index contributed by atoms with van der Waals surface area (Å²) in [5.74, 6) is -0.440. The third-order valence-corrected chi connectivity index (χ3v) is 1.82. The van der Waals surface area contributed by atoms with Gasteiger partial charge in [0.1, 0.15) is 5.75 Å². The van der Waals surface area contributed by atoms with E-state index in [4.69, 9.17) is 15.6 Å². The number of carboxylic acid groups (broad SMARTS) is 1. The number of ether oxygens (including phenoxy) is 1. The Balaban J connectivity index is 2.64. The number of aliphatic carboxylic acids is 1. The summed E-state index contributed by atoms with van der Waals surface area (Å²) in [5.41, 5.74) is 6.40. The van der Waals surface area contributed by atoms with Crippen molar-refractivity contribution in [3.63, 3.8) is 0 Å². The van der Waals surface area contributed by atoms with Crippen molar-refractivity contribution in [2.24, 2.45) is 5.73 Å². The van der Waals surface area contributed by atoms with Gasteiger partial charge in [-0.05, 0) is 24.6 Å². The molecule has 0 saturated carbocycles. The van der Waals surface area contributed by atoms with Crippen LogP contribution in [0.1, 0.15) is 12.5 Å². The van der Waals surface area contributed by atoms with E-state index in [1.54, 1.807) is 12.1 Å². The Bertz CT molecular complexity index is 308. The van der Waals surface area contributed by atoms with Crippen molar-refractivity contribution in [2.45, 2.75) is 19.6 Å². The van der Waals surface area contributed by atoms with Gasteiger partial charge in [0.05, 0.1) is 0 Å². The Morgan fingerprint density at radius 3 is 2.50 bits per heavy atom. The van der Waals surface area contributed by atoms with Crippen molar-refractivity contribution >= 4 is 5.97 Å². The van der Waals surface area contributed by atoms with Crippen LogP contribution >= 0.6 is 0 Å². The second kappa shape index (κ2) is 4.62. The van der Waals surface area contributed by atoms with Crippen LogP contribution in [0.5, 0.6) is 5.75 Å². The minimum Gasteiger partial charge on any atom is -0.479 e. The molecule has 0 radical (unpaired) electrons. The zero-order chi connectivity index (χ0) is 10.6. The van der Waals surface area contributed by atoms with E-state index < -0.39 is 12.1 Å². The molecule has 0 aliphatic rings. The van der Waals surface area contributed by atoms with Gasteiger partial charge in [0, 0.05) is 6.54 Å². The molecule has 1 rings (SSSR count). The van der Waals surface area contributed by atoms with Gasteiger partial charge in [0.25, 0.3) is 0 Å². The average molecular weight is 195 g/mol. The lowest BCUT2D eigenvalue weighted by molar-refractivity contribution is -0.144. The van der Waals surface area contributed by atoms with Crippen LogP contribution in [0.2, 0.25) is 0 Å². The van der Waals surface area contributed by atoms with Gasteiger partial charge >= 0.3 is 5.97 Å². The molecule has 0 saturated heterocycles. The van der Waals surface area contributed by atoms with Crippen LogP contribution in [0.15, 0.2) is 24.3 Å². The molecular formula is C10H13NO3. The molecule has 14 heavy (non-hydrogen) atoms. The molecule has 1 unspecified atom stereocenters. The standard InChI is InChI=1S/C10H13NO3/c1-7(10(12)13)14-9-4-2-8(6-11)3-5-9/h2-5,7H,6,11H2,1H3,(H,12,13). The van der Waals surface area contributed by atoms with Crippen LogP contribution < -0.4 is 10.5 Å². The number of rotatable bonds is 4. The molecule has 76 valence electrons. The molecule has 4 nitrogen and oxygen atoms in total. The zero-order valence-corrected chi connectivity index (χ0v) is 7.93. The Kier molecular flexibility index (Phi) is 3.48. The highest BCUT2D eigenvalue weighted by molar-refractivity contribution is 5.72. The van der Waals surface area contributed by atoms with Gasteiger partial charge in [0.15, 0.2) is 6.10 Å². The highest BCUT2D eigenvalue weighted by Crippen LogP contribution is 2.13. The van der Waals surface area contributed by atoms with Crippen molar-refractivity contribution in [1.82, 2.24) is 0 Å². The summed E-state index contributed by atoms with van der Waals surface area (Å²) < 4.78 is 5.13. The summed E-state index contributed by atoms with van der Waals surface area (Å²) in [5, 5.41) is 8.60. The fourth-order valence-electron chi connectivity index (χ4n) is 0.959. The maximum absolute atomic E-state index is 10.5. The Hall–Kier alpha value is -1.55. The van der Waals surface area contributed by atoms with E-state index in [-0.39, 0.29) is 0 Å². The van der Waals surface area contributed by atoms with E-state index in [0.717, 1.165) is 5.56 Å². The van der Waals surface area contributed by atoms with Gasteiger partial charge in [-0.3, -0.25) is 0 Å². The van der Waals surface area contributed by atoms with E-state index in [1.165, 1.54) is 6.92 Å². The quantitative estimate of drug-likeness (QED) is 0.751. The zero-order valence-electron chi connectivity index (χ0n) is 7.93. The SMILES string of the molecule is CC(Oc1ccc(CN)cc1)C(=O)O. The normalized spacial score (nSPS) is 12.1. The maximum Gasteiger partial charge on any atom is 0.344 e. The first-order valence-electron chi connectivity index (χ1n) is 4.32. The molecule has 0 spiro atoms. The summed E-state index contributed by atoms with van der Waals surface area (Å²) >= 11 is 0. The van der Waals surface area contributed by atoms with Crippen molar-refractivity contribution in [3.05, 3.63) is 29.8 Å². The number of hydrogen-bond acceptors (Lipinski definition) is 3. The van der Waals surface area contributed by atoms with Crippen molar-refractivity contribution < 1.29 is 14.6 Å². The maximum atomic E-state index is 10.5. The second-order valence-electron chi connectivity index (χ2n) is 2.95. The van der Waals surface area contributed by atoms with Crippen LogP contribution in [0.25, 0.3) is 0 Å². The lowest BCUT2D eigenvalue weighted by Gasteiger charge is -2.10. The Morgan fingerprint density at radius 2 is 2.07 bits per heavy atom. The molecule has 1 aromatic rings. The molecule has 0 fully saturated rings. The van der Waals surface area contributed by atoms with E-state index in [0.29, 0.717) is 12.3 Å². The predicted octanol–water partition coefficient (Wildman–Crippen LogP) is 0.997. The third-order valence-electron chi connectivity index (χ3n) is 1.82. The average Bonchev–Trinajstić information content (AvgIpc) is 2.19. The fourth-order valence-corrected chi connectivity index (χ4v) is 0.959. The molecule has 1 atom stereocenters. The number of carbonyl (C=O) groups is 1. The first-order chi connectivity index (χ1) is 6.63. The molecule has 3 N–H and O–H groups in total. The van der Waals surface area contributed by atoms with E-state index in [9.17, 15) is 4.79 Å². The van der Waals surface area contributed by atoms with Crippen LogP contribution in [-0.4, -0.2) is 17.2 Å². The molecule has 1 aromatic carbocycles. The van der Waals surface area contributed by atoms with Gasteiger partial charge < -0.3 is 15.6 Å². The van der Waals surface area contributed by atoms with Gasteiger partial charge in [0.2, 0.25) is 0 Å². The molecule has 0 heterocycles. The summed E-state index contributed by atoms with van der Waals surface area (Å²) in [7, 11) is 0. The van der Waals surface area contributed by atoms with Gasteiger partial charge in [-0.1, -0.05) is 12.1 Å². The molecule has 0 aromatic heterocycles. The molecule has 0 aliphatic carbocycles. The third kappa shape index (κ3) is 2.74. The first-order valence-corrected chi connectivity index (χ1v) is 4.32. The van der Waals surface area contributed by atoms with Gasteiger partial charge in [-0.15, -0.1) is 0 Å². The van der Waals surface area contributed by atoms with Gasteiger partial charge in [-0.25, -0.2) is 4.79 Å². The largest absolute Gasteiger partial charge is 0.479 e. The smallest absolute Gasteiger partial charge is 0.344 e. The fraction of sp³-hybridized carbons (Fsp3) is 0.300. The van der Waals surface area contributed by atoms with E-state index in [2.05, 4.69) is 0 Å². The van der Waals surface area contributed by atoms with Crippen molar-refractivity contribution in [1.29, 1.82) is 0 Å². The Morgan fingerprint density at radius 1 is 1.50 bits per heavy atom. The lowest BCUT2D eigenvalue weighted by atomic mass is 10.2. The monoisotopic (exact) mass is 195 g/mol. The molecule has 0 amide bonds. The molecular weight excluding hydrogens is 182 g/mol. The predicted molar refractivity (Wildman–Crippen MR) is 52.1 cm³/mol. The van der Waals surface area contributed by atoms with Crippen LogP contribution in [-0.2, 0) is 11.3 Å². The van der Waals surface area contributed by atoms with E-state index >= 15 is 0 Å². The molecule has 0 bridgehead atoms. The summed E-state index contributed by atoms with van der Waals surface area (Å²) in [6.45, 7) is 1.95. The lowest BCUT2D eigenvalue weighted by Crippen LogP contribution is -2.22. The van der Waals surface area contributed by atoms with Crippen LogP contribution in [0, 0.1) is 0 Å². The van der Waals surface area contributed by atoms with Crippen LogP contribution in [0.4, 0.5) is 0 Å². The highest BCUT2D eigenvalue weighted by Gasteiger charge is 2.11. The summed E-state index contributed by atoms with van der Waals surface area (Å²) in [4.78, 5) is 10.5. The number of benzene rings is 1. The first kappa shape index (κ1) is 10.5. The number of hydrogen-bond donors (Lipinski definition) is 2. The van der Waals surface area contributed by atoms with Crippen molar-refractivity contribution in [2.75, 3.05) is 0 Å². The minimum atomic E-state index is -0.979. The Labute approximate surface area is 82.3 Å². The summed E-state index contributed by atoms with van der Waals surface area (Å²) in [6, 6.07) is 7.04. The second-order valence-corrected chi connectivity index (χ2v) is 2.95. The van der Waals surface area contributed by atoms with Gasteiger partial charge in [-0.2, -0.15) is 0 Å².